The van der Waals surface area contributed by atoms with Crippen LogP contribution in [0.15, 0.2) is 12.1 Å². The number of hydrogen-bond acceptors (Lipinski definition) is 3. The van der Waals surface area contributed by atoms with E-state index in [9.17, 15) is 14.7 Å². The summed E-state index contributed by atoms with van der Waals surface area (Å²) in [6.07, 6.45) is -0.629. The second-order valence-corrected chi connectivity index (χ2v) is 4.39. The SMILES string of the molecule is Cc1cc(C)c2c(c1)NC(=O)C2(O)CC(=O)O. The van der Waals surface area contributed by atoms with Gasteiger partial charge in [0.15, 0.2) is 5.60 Å². The highest BCUT2D eigenvalue weighted by atomic mass is 16.4. The van der Waals surface area contributed by atoms with Gasteiger partial charge in [0.1, 0.15) is 0 Å². The number of rotatable bonds is 2. The third-order valence-electron chi connectivity index (χ3n) is 2.92. The Bertz CT molecular complexity index is 523. The van der Waals surface area contributed by atoms with E-state index in [2.05, 4.69) is 5.32 Å². The van der Waals surface area contributed by atoms with Crippen molar-refractivity contribution in [1.29, 1.82) is 0 Å². The van der Waals surface area contributed by atoms with Gasteiger partial charge in [0.05, 0.1) is 6.42 Å². The van der Waals surface area contributed by atoms with Gasteiger partial charge >= 0.3 is 5.97 Å². The van der Waals surface area contributed by atoms with Crippen LogP contribution in [0.5, 0.6) is 0 Å². The van der Waals surface area contributed by atoms with E-state index in [1.54, 1.807) is 13.0 Å². The summed E-state index contributed by atoms with van der Waals surface area (Å²) in [4.78, 5) is 22.5. The summed E-state index contributed by atoms with van der Waals surface area (Å²) in [5.41, 5.74) is 0.564. The monoisotopic (exact) mass is 235 g/mol. The highest BCUT2D eigenvalue weighted by Crippen LogP contribution is 2.41. The van der Waals surface area contributed by atoms with Crippen LogP contribution in [-0.4, -0.2) is 22.1 Å². The van der Waals surface area contributed by atoms with Gasteiger partial charge in [-0.25, -0.2) is 0 Å². The zero-order chi connectivity index (χ0) is 12.8. The first-order valence-electron chi connectivity index (χ1n) is 5.22. The van der Waals surface area contributed by atoms with Gasteiger partial charge in [0, 0.05) is 11.3 Å². The van der Waals surface area contributed by atoms with Gasteiger partial charge in [0.25, 0.3) is 5.91 Å². The molecule has 5 heteroatoms. The number of fused-ring (bicyclic) bond motifs is 1. The van der Waals surface area contributed by atoms with E-state index in [0.717, 1.165) is 5.56 Å². The molecule has 1 aromatic carbocycles. The van der Waals surface area contributed by atoms with Gasteiger partial charge in [-0.2, -0.15) is 0 Å². The smallest absolute Gasteiger partial charge is 0.307 e. The number of aryl methyl sites for hydroxylation is 2. The minimum Gasteiger partial charge on any atom is -0.481 e. The number of aliphatic carboxylic acids is 1. The lowest BCUT2D eigenvalue weighted by Crippen LogP contribution is -2.36. The van der Waals surface area contributed by atoms with Crippen molar-refractivity contribution in [2.24, 2.45) is 0 Å². The fourth-order valence-electron chi connectivity index (χ4n) is 2.34. The Hall–Kier alpha value is -1.88. The molecule has 0 saturated heterocycles. The molecule has 2 rings (SSSR count). The average molecular weight is 235 g/mol. The second kappa shape index (κ2) is 3.56. The van der Waals surface area contributed by atoms with Crippen molar-refractivity contribution in [3.05, 3.63) is 28.8 Å². The van der Waals surface area contributed by atoms with Crippen molar-refractivity contribution in [1.82, 2.24) is 0 Å². The normalized spacial score (nSPS) is 22.2. The van der Waals surface area contributed by atoms with E-state index in [1.165, 1.54) is 0 Å². The van der Waals surface area contributed by atoms with Crippen molar-refractivity contribution in [2.75, 3.05) is 5.32 Å². The molecule has 0 spiro atoms. The van der Waals surface area contributed by atoms with Crippen LogP contribution in [0.2, 0.25) is 0 Å². The number of anilines is 1. The zero-order valence-electron chi connectivity index (χ0n) is 9.57. The summed E-state index contributed by atoms with van der Waals surface area (Å²) in [5, 5.41) is 21.6. The molecule has 1 aliphatic rings. The van der Waals surface area contributed by atoms with Gasteiger partial charge in [-0.05, 0) is 31.0 Å². The summed E-state index contributed by atoms with van der Waals surface area (Å²) < 4.78 is 0. The number of hydrogen-bond donors (Lipinski definition) is 3. The largest absolute Gasteiger partial charge is 0.481 e. The topological polar surface area (TPSA) is 86.6 Å². The highest BCUT2D eigenvalue weighted by molar-refractivity contribution is 6.07. The summed E-state index contributed by atoms with van der Waals surface area (Å²) in [6.45, 7) is 3.62. The molecule has 1 amide bonds. The lowest BCUT2D eigenvalue weighted by molar-refractivity contribution is -0.149. The number of benzene rings is 1. The van der Waals surface area contributed by atoms with E-state index in [0.29, 0.717) is 16.8 Å². The number of carbonyl (C=O) groups excluding carboxylic acids is 1. The number of nitrogens with one attached hydrogen (secondary N) is 1. The van der Waals surface area contributed by atoms with Crippen molar-refractivity contribution in [3.8, 4) is 0 Å². The second-order valence-electron chi connectivity index (χ2n) is 4.39. The molecule has 0 aromatic heterocycles. The van der Waals surface area contributed by atoms with Crippen molar-refractivity contribution in [2.45, 2.75) is 25.9 Å². The van der Waals surface area contributed by atoms with Gasteiger partial charge < -0.3 is 15.5 Å². The van der Waals surface area contributed by atoms with Crippen LogP contribution in [0, 0.1) is 13.8 Å². The molecule has 1 atom stereocenters. The third-order valence-corrected chi connectivity index (χ3v) is 2.92. The fraction of sp³-hybridized carbons (Fsp3) is 0.333. The average Bonchev–Trinajstić information content (AvgIpc) is 2.36. The molecule has 1 aromatic rings. The minimum absolute atomic E-state index is 0.371. The minimum atomic E-state index is -1.96. The molecule has 0 radical (unpaired) electrons. The van der Waals surface area contributed by atoms with Crippen LogP contribution in [0.1, 0.15) is 23.1 Å². The van der Waals surface area contributed by atoms with Gasteiger partial charge in [-0.15, -0.1) is 0 Å². The molecular formula is C12H13NO4. The summed E-state index contributed by atoms with van der Waals surface area (Å²) in [6, 6.07) is 3.53. The first-order valence-corrected chi connectivity index (χ1v) is 5.22. The molecule has 0 bridgehead atoms. The Morgan fingerprint density at radius 2 is 2.06 bits per heavy atom. The van der Waals surface area contributed by atoms with E-state index >= 15 is 0 Å². The molecule has 3 N–H and O–H groups in total. The van der Waals surface area contributed by atoms with E-state index in [1.807, 2.05) is 13.0 Å². The van der Waals surface area contributed by atoms with Crippen LogP contribution in [0.25, 0.3) is 0 Å². The molecule has 1 heterocycles. The first-order chi connectivity index (χ1) is 7.84. The number of amides is 1. The maximum atomic E-state index is 11.7. The Morgan fingerprint density at radius 3 is 2.65 bits per heavy atom. The first kappa shape index (κ1) is 11.6. The molecule has 0 fully saturated rings. The maximum absolute atomic E-state index is 11.7. The van der Waals surface area contributed by atoms with Gasteiger partial charge in [-0.1, -0.05) is 6.07 Å². The summed E-state index contributed by atoms with van der Waals surface area (Å²) in [7, 11) is 0. The number of carbonyl (C=O) groups is 2. The van der Waals surface area contributed by atoms with Crippen LogP contribution >= 0.6 is 0 Å². The van der Waals surface area contributed by atoms with E-state index in [4.69, 9.17) is 5.11 Å². The molecular weight excluding hydrogens is 222 g/mol. The van der Waals surface area contributed by atoms with E-state index < -0.39 is 23.9 Å². The van der Waals surface area contributed by atoms with Crippen molar-refractivity contribution < 1.29 is 19.8 Å². The predicted octanol–water partition coefficient (Wildman–Crippen LogP) is 0.918. The van der Waals surface area contributed by atoms with Crippen molar-refractivity contribution >= 4 is 17.6 Å². The van der Waals surface area contributed by atoms with Crippen LogP contribution in [-0.2, 0) is 15.2 Å². The standard InChI is InChI=1S/C12H13NO4/c1-6-3-7(2)10-8(4-6)13-11(16)12(10,17)5-9(14)15/h3-4,17H,5H2,1-2H3,(H,13,16)(H,14,15). The van der Waals surface area contributed by atoms with Crippen LogP contribution < -0.4 is 5.32 Å². The molecule has 90 valence electrons. The van der Waals surface area contributed by atoms with E-state index in [-0.39, 0.29) is 0 Å². The number of carboxylic acids is 1. The maximum Gasteiger partial charge on any atom is 0.307 e. The summed E-state index contributed by atoms with van der Waals surface area (Å²) >= 11 is 0. The van der Waals surface area contributed by atoms with Crippen molar-refractivity contribution in [3.63, 3.8) is 0 Å². The zero-order valence-corrected chi connectivity index (χ0v) is 9.57. The van der Waals surface area contributed by atoms with Crippen LogP contribution in [0.4, 0.5) is 5.69 Å². The quantitative estimate of drug-likeness (QED) is 0.711. The Kier molecular flexibility index (Phi) is 2.43. The predicted molar refractivity (Wildman–Crippen MR) is 60.7 cm³/mol. The Morgan fingerprint density at radius 1 is 1.41 bits per heavy atom. The Balaban J connectivity index is 2.61. The number of carboxylic acid groups (broad SMARTS) is 1. The fourth-order valence-corrected chi connectivity index (χ4v) is 2.34. The summed E-state index contributed by atoms with van der Waals surface area (Å²) in [5.74, 6) is -1.89. The molecule has 17 heavy (non-hydrogen) atoms. The Labute approximate surface area is 98.1 Å². The molecule has 1 aliphatic heterocycles. The lowest BCUT2D eigenvalue weighted by Gasteiger charge is -2.20. The van der Waals surface area contributed by atoms with Crippen LogP contribution in [0.3, 0.4) is 0 Å². The highest BCUT2D eigenvalue weighted by Gasteiger charge is 2.47. The van der Waals surface area contributed by atoms with Gasteiger partial charge in [-0.3, -0.25) is 9.59 Å². The molecule has 1 unspecified atom stereocenters. The third kappa shape index (κ3) is 1.68. The number of aliphatic hydroxyl groups is 1. The van der Waals surface area contributed by atoms with Gasteiger partial charge in [0.2, 0.25) is 0 Å². The lowest BCUT2D eigenvalue weighted by atomic mass is 9.88. The molecule has 0 saturated carbocycles. The molecule has 0 aliphatic carbocycles. The molecule has 5 nitrogen and oxygen atoms in total.